The van der Waals surface area contributed by atoms with Gasteiger partial charge in [0.2, 0.25) is 0 Å². The van der Waals surface area contributed by atoms with Gasteiger partial charge in [0.05, 0.1) is 6.61 Å². The van der Waals surface area contributed by atoms with E-state index >= 15 is 0 Å². The van der Waals surface area contributed by atoms with E-state index in [-0.39, 0.29) is 0 Å². The first-order chi connectivity index (χ1) is 10.6. The molecule has 18 heteroatoms. The van der Waals surface area contributed by atoms with Gasteiger partial charge in [0.1, 0.15) is 18.3 Å². The van der Waals surface area contributed by atoms with Crippen LogP contribution < -0.4 is 0 Å². The molecule has 0 saturated carbocycles. The molecule has 0 fully saturated rings. The lowest BCUT2D eigenvalue weighted by Gasteiger charge is -2.32. The molecule has 0 aliphatic carbocycles. The summed E-state index contributed by atoms with van der Waals surface area (Å²) in [7, 11) is -16.5. The van der Waals surface area contributed by atoms with Crippen molar-refractivity contribution in [2.75, 3.05) is 6.61 Å². The standard InChI is InChI=1S/C6H15O15P3/c7-1-3(9)5(20-23(13,14)15)6(21-24(16,17)18)4(2-8)19-22(10,11)12/h2-7,9H,1H2,(H2,10,11,12)(H2,13,14,15)(H2,16,17,18)/t3-,4+,5-,6-/m1/s1. The van der Waals surface area contributed by atoms with Crippen LogP contribution in [0.25, 0.3) is 0 Å². The molecule has 0 aromatic heterocycles. The number of hydrogen-bond acceptors (Lipinski definition) is 9. The van der Waals surface area contributed by atoms with Crippen molar-refractivity contribution in [2.24, 2.45) is 0 Å². The van der Waals surface area contributed by atoms with Crippen LogP contribution in [-0.2, 0) is 32.1 Å². The summed E-state index contributed by atoms with van der Waals surface area (Å²) in [6.07, 6.45) is -10.4. The predicted molar refractivity (Wildman–Crippen MR) is 69.9 cm³/mol. The van der Waals surface area contributed by atoms with E-state index in [1.807, 2.05) is 0 Å². The number of rotatable bonds is 11. The van der Waals surface area contributed by atoms with E-state index in [0.717, 1.165) is 0 Å². The maximum atomic E-state index is 10.9. The Hall–Kier alpha value is -0.0800. The lowest BCUT2D eigenvalue weighted by Crippen LogP contribution is -2.49. The maximum absolute atomic E-state index is 10.9. The van der Waals surface area contributed by atoms with Crippen LogP contribution in [0, 0.1) is 0 Å². The molecule has 0 bridgehead atoms. The van der Waals surface area contributed by atoms with E-state index in [1.165, 1.54) is 0 Å². The third kappa shape index (κ3) is 10.0. The fourth-order valence-corrected chi connectivity index (χ4v) is 3.02. The van der Waals surface area contributed by atoms with E-state index in [2.05, 4.69) is 13.6 Å². The number of aldehydes is 1. The van der Waals surface area contributed by atoms with Gasteiger partial charge < -0.3 is 44.4 Å². The highest BCUT2D eigenvalue weighted by molar-refractivity contribution is 7.47. The minimum absolute atomic E-state index is 0.431. The quantitative estimate of drug-likeness (QED) is 0.122. The van der Waals surface area contributed by atoms with Gasteiger partial charge in [-0.05, 0) is 0 Å². The van der Waals surface area contributed by atoms with Gasteiger partial charge in [-0.15, -0.1) is 0 Å². The van der Waals surface area contributed by atoms with Gasteiger partial charge in [0, 0.05) is 0 Å². The summed E-state index contributed by atoms with van der Waals surface area (Å²) in [5, 5.41) is 18.3. The Morgan fingerprint density at radius 2 is 1.17 bits per heavy atom. The molecular weight excluding hydrogens is 405 g/mol. The Bertz CT molecular complexity index is 543. The van der Waals surface area contributed by atoms with Crippen molar-refractivity contribution in [1.82, 2.24) is 0 Å². The molecule has 8 N–H and O–H groups in total. The van der Waals surface area contributed by atoms with Crippen LogP contribution in [-0.4, -0.2) is 76.9 Å². The lowest BCUT2D eigenvalue weighted by molar-refractivity contribution is -0.131. The zero-order valence-corrected chi connectivity index (χ0v) is 14.1. The second kappa shape index (κ2) is 9.03. The van der Waals surface area contributed by atoms with Crippen molar-refractivity contribution in [2.45, 2.75) is 24.4 Å². The number of aliphatic hydroxyl groups is 2. The molecule has 24 heavy (non-hydrogen) atoms. The van der Waals surface area contributed by atoms with E-state index in [4.69, 9.17) is 34.5 Å². The third-order valence-corrected chi connectivity index (χ3v) is 3.68. The maximum Gasteiger partial charge on any atom is 0.470 e. The fourth-order valence-electron chi connectivity index (χ4n) is 1.40. The van der Waals surface area contributed by atoms with Crippen molar-refractivity contribution in [3.8, 4) is 0 Å². The molecule has 0 spiro atoms. The second-order valence-corrected chi connectivity index (χ2v) is 7.64. The molecule has 4 atom stereocenters. The van der Waals surface area contributed by atoms with E-state index in [1.54, 1.807) is 0 Å². The van der Waals surface area contributed by atoms with Gasteiger partial charge in [0.15, 0.2) is 12.4 Å². The normalized spacial score (nSPS) is 18.7. The van der Waals surface area contributed by atoms with Gasteiger partial charge in [-0.3, -0.25) is 13.6 Å². The molecule has 144 valence electrons. The van der Waals surface area contributed by atoms with Crippen molar-refractivity contribution in [1.29, 1.82) is 0 Å². The molecule has 0 saturated heterocycles. The van der Waals surface area contributed by atoms with Gasteiger partial charge in [-0.2, -0.15) is 0 Å². The average molecular weight is 420 g/mol. The topological polar surface area (TPSA) is 258 Å². The summed E-state index contributed by atoms with van der Waals surface area (Å²) in [6, 6.07) is 0. The molecule has 0 amide bonds. The molecule has 0 aromatic rings. The molecule has 0 aromatic carbocycles. The molecule has 0 unspecified atom stereocenters. The first kappa shape index (κ1) is 23.9. The van der Waals surface area contributed by atoms with Crippen molar-refractivity contribution in [3.63, 3.8) is 0 Å². The van der Waals surface area contributed by atoms with Crippen LogP contribution in [0.15, 0.2) is 0 Å². The monoisotopic (exact) mass is 420 g/mol. The van der Waals surface area contributed by atoms with Crippen LogP contribution in [0.5, 0.6) is 0 Å². The van der Waals surface area contributed by atoms with E-state index < -0.39 is 60.8 Å². The first-order valence-corrected chi connectivity index (χ1v) is 10.1. The number of hydrogen-bond donors (Lipinski definition) is 8. The number of phosphoric acid groups is 3. The Morgan fingerprint density at radius 3 is 1.46 bits per heavy atom. The van der Waals surface area contributed by atoms with Crippen LogP contribution in [0.1, 0.15) is 0 Å². The minimum Gasteiger partial charge on any atom is -0.394 e. The highest BCUT2D eigenvalue weighted by Crippen LogP contribution is 2.46. The van der Waals surface area contributed by atoms with Gasteiger partial charge in [-0.1, -0.05) is 0 Å². The van der Waals surface area contributed by atoms with Gasteiger partial charge >= 0.3 is 23.5 Å². The van der Waals surface area contributed by atoms with Crippen molar-refractivity contribution in [3.05, 3.63) is 0 Å². The molecule has 0 aliphatic heterocycles. The zero-order chi connectivity index (χ0) is 19.3. The number of aliphatic hydroxyl groups excluding tert-OH is 2. The summed E-state index contributed by atoms with van der Waals surface area (Å²) in [5.41, 5.74) is 0. The Balaban J connectivity index is 5.91. The summed E-state index contributed by atoms with van der Waals surface area (Å²) in [6.45, 7) is -1.30. The largest absolute Gasteiger partial charge is 0.470 e. The predicted octanol–water partition coefficient (Wildman–Crippen LogP) is -3.03. The Labute approximate surface area is 133 Å². The van der Waals surface area contributed by atoms with E-state index in [0.29, 0.717) is 0 Å². The van der Waals surface area contributed by atoms with Gasteiger partial charge in [0.25, 0.3) is 0 Å². The highest BCUT2D eigenvalue weighted by atomic mass is 31.2. The Kier molecular flexibility index (Phi) is 9.00. The average Bonchev–Trinajstić information content (AvgIpc) is 2.36. The summed E-state index contributed by atoms with van der Waals surface area (Å²) < 4.78 is 44.4. The third-order valence-electron chi connectivity index (χ3n) is 2.13. The van der Waals surface area contributed by atoms with Crippen molar-refractivity contribution < 1.29 is 71.6 Å². The minimum atomic E-state index is -5.54. The van der Waals surface area contributed by atoms with Crippen LogP contribution in [0.4, 0.5) is 0 Å². The molecule has 0 aliphatic rings. The molecule has 0 rings (SSSR count). The van der Waals surface area contributed by atoms with Crippen LogP contribution >= 0.6 is 23.5 Å². The van der Waals surface area contributed by atoms with Gasteiger partial charge in [-0.25, -0.2) is 13.7 Å². The molecule has 15 nitrogen and oxygen atoms in total. The number of carbonyl (C=O) groups excluding carboxylic acids is 1. The lowest BCUT2D eigenvalue weighted by atomic mass is 10.0. The summed E-state index contributed by atoms with van der Waals surface area (Å²) in [5.74, 6) is 0. The number of carbonyl (C=O) groups is 1. The van der Waals surface area contributed by atoms with Crippen molar-refractivity contribution >= 4 is 29.8 Å². The summed E-state index contributed by atoms with van der Waals surface area (Å²) in [4.78, 5) is 63.2. The summed E-state index contributed by atoms with van der Waals surface area (Å²) >= 11 is 0. The first-order valence-electron chi connectivity index (χ1n) is 5.55. The zero-order valence-electron chi connectivity index (χ0n) is 11.4. The number of phosphoric ester groups is 3. The van der Waals surface area contributed by atoms with Crippen LogP contribution in [0.2, 0.25) is 0 Å². The Morgan fingerprint density at radius 1 is 0.792 bits per heavy atom. The molecular formula is C6H15O15P3. The molecule has 0 heterocycles. The SMILES string of the molecule is O=C[C@H](OP(=O)(O)O)[C@@H](OP(=O)(O)O)[C@H](OP(=O)(O)O)[C@H](O)CO. The molecule has 0 radical (unpaired) electrons. The highest BCUT2D eigenvalue weighted by Gasteiger charge is 2.45. The second-order valence-electron chi connectivity index (χ2n) is 4.07. The van der Waals surface area contributed by atoms with E-state index in [9.17, 15) is 23.6 Å². The smallest absolute Gasteiger partial charge is 0.394 e. The fraction of sp³-hybridized carbons (Fsp3) is 0.833. The van der Waals surface area contributed by atoms with Crippen LogP contribution in [0.3, 0.4) is 0 Å².